The van der Waals surface area contributed by atoms with Crippen molar-refractivity contribution in [2.24, 2.45) is 4.99 Å². The Hall–Kier alpha value is -2.44. The molecule has 1 aliphatic heterocycles. The summed E-state index contributed by atoms with van der Waals surface area (Å²) in [6.45, 7) is 2.03. The lowest BCUT2D eigenvalue weighted by atomic mass is 10.4. The van der Waals surface area contributed by atoms with Crippen molar-refractivity contribution in [2.45, 2.75) is 6.92 Å². The summed E-state index contributed by atoms with van der Waals surface area (Å²) in [6, 6.07) is 4.71. The molecule has 0 saturated carbocycles. The molecule has 0 aliphatic carbocycles. The second kappa shape index (κ2) is 4.82. The molecule has 1 aromatic heterocycles. The van der Waals surface area contributed by atoms with Crippen molar-refractivity contribution in [3.8, 4) is 0 Å². The monoisotopic (exact) mass is 247 g/mol. The molecule has 2 N–H and O–H groups in total. The van der Waals surface area contributed by atoms with Gasteiger partial charge in [0.2, 0.25) is 11.9 Å². The first-order valence-electron chi connectivity index (χ1n) is 5.39. The number of urea groups is 1. The number of nitrogens with one attached hydrogen (secondary N) is 2. The van der Waals surface area contributed by atoms with Gasteiger partial charge in [0, 0.05) is 12.7 Å². The highest BCUT2D eigenvalue weighted by Crippen LogP contribution is 2.04. The van der Waals surface area contributed by atoms with Crippen molar-refractivity contribution in [3.05, 3.63) is 23.9 Å². The number of carbonyl (C=O) groups excluding carboxylic acids is 2. The van der Waals surface area contributed by atoms with Crippen molar-refractivity contribution in [2.75, 3.05) is 18.9 Å². The van der Waals surface area contributed by atoms with Gasteiger partial charge in [0.15, 0.2) is 0 Å². The molecule has 18 heavy (non-hydrogen) atoms. The molecule has 0 unspecified atom stereocenters. The number of aryl methyl sites for hydroxylation is 1. The maximum atomic E-state index is 11.6. The Kier molecular flexibility index (Phi) is 3.22. The molecule has 0 spiro atoms. The summed E-state index contributed by atoms with van der Waals surface area (Å²) in [4.78, 5) is 32.1. The van der Waals surface area contributed by atoms with Gasteiger partial charge in [-0.25, -0.2) is 9.78 Å². The van der Waals surface area contributed by atoms with Crippen LogP contribution >= 0.6 is 0 Å². The fourth-order valence-electron chi connectivity index (χ4n) is 1.51. The lowest BCUT2D eigenvalue weighted by Crippen LogP contribution is -2.29. The molecule has 7 nitrogen and oxygen atoms in total. The van der Waals surface area contributed by atoms with E-state index in [1.54, 1.807) is 24.1 Å². The molecule has 2 heterocycles. The van der Waals surface area contributed by atoms with Crippen LogP contribution in [0, 0.1) is 6.92 Å². The Morgan fingerprint density at radius 1 is 1.56 bits per heavy atom. The normalized spacial score (nSPS) is 16.9. The number of carbonyl (C=O) groups is 2. The molecule has 1 saturated heterocycles. The number of anilines is 1. The average Bonchev–Trinajstić information content (AvgIpc) is 2.57. The maximum Gasteiger partial charge on any atom is 0.349 e. The van der Waals surface area contributed by atoms with E-state index in [2.05, 4.69) is 20.6 Å². The lowest BCUT2D eigenvalue weighted by Gasteiger charge is -2.08. The average molecular weight is 247 g/mol. The molecular weight excluding hydrogens is 234 g/mol. The molecule has 1 aliphatic rings. The van der Waals surface area contributed by atoms with Crippen molar-refractivity contribution < 1.29 is 9.59 Å². The van der Waals surface area contributed by atoms with Gasteiger partial charge in [-0.1, -0.05) is 6.07 Å². The minimum absolute atomic E-state index is 0.183. The zero-order valence-electron chi connectivity index (χ0n) is 10.1. The number of nitrogens with zero attached hydrogens (tertiary/aromatic N) is 3. The van der Waals surface area contributed by atoms with E-state index in [1.807, 2.05) is 13.0 Å². The first kappa shape index (κ1) is 12.0. The van der Waals surface area contributed by atoms with Gasteiger partial charge in [0.1, 0.15) is 5.82 Å². The molecule has 0 radical (unpaired) electrons. The number of pyridine rings is 1. The van der Waals surface area contributed by atoms with Crippen molar-refractivity contribution >= 4 is 23.7 Å². The molecule has 1 fully saturated rings. The molecular formula is C11H13N5O2. The third-order valence-corrected chi connectivity index (χ3v) is 2.32. The Morgan fingerprint density at radius 2 is 2.33 bits per heavy atom. The third-order valence-electron chi connectivity index (χ3n) is 2.32. The highest BCUT2D eigenvalue weighted by molar-refractivity contribution is 6.09. The van der Waals surface area contributed by atoms with Crippen LogP contribution in [0.3, 0.4) is 0 Å². The first-order valence-corrected chi connectivity index (χ1v) is 5.39. The van der Waals surface area contributed by atoms with Crippen molar-refractivity contribution in [1.82, 2.24) is 15.2 Å². The highest BCUT2D eigenvalue weighted by atomic mass is 16.2. The van der Waals surface area contributed by atoms with E-state index in [0.29, 0.717) is 5.82 Å². The number of rotatable bonds is 1. The summed E-state index contributed by atoms with van der Waals surface area (Å²) in [5, 5.41) is 5.02. The maximum absolute atomic E-state index is 11.6. The summed E-state index contributed by atoms with van der Waals surface area (Å²) in [7, 11) is 1.68. The Morgan fingerprint density at radius 3 is 2.94 bits per heavy atom. The van der Waals surface area contributed by atoms with Gasteiger partial charge in [-0.2, -0.15) is 4.99 Å². The molecule has 7 heteroatoms. The van der Waals surface area contributed by atoms with E-state index in [1.165, 1.54) is 0 Å². The predicted molar refractivity (Wildman–Crippen MR) is 66.2 cm³/mol. The number of amides is 3. The molecule has 94 valence electrons. The van der Waals surface area contributed by atoms with Crippen LogP contribution in [0.2, 0.25) is 0 Å². The van der Waals surface area contributed by atoms with Crippen molar-refractivity contribution in [1.29, 1.82) is 0 Å². The van der Waals surface area contributed by atoms with E-state index >= 15 is 0 Å². The second-order valence-corrected chi connectivity index (χ2v) is 3.93. The fraction of sp³-hybridized carbons (Fsp3) is 0.273. The topological polar surface area (TPSA) is 86.7 Å². The van der Waals surface area contributed by atoms with Crippen LogP contribution in [-0.4, -0.2) is 41.4 Å². The lowest BCUT2D eigenvalue weighted by molar-refractivity contribution is -0.118. The summed E-state index contributed by atoms with van der Waals surface area (Å²) in [5.41, 5.74) is 0.798. The van der Waals surface area contributed by atoms with E-state index < -0.39 is 6.03 Å². The summed E-state index contributed by atoms with van der Waals surface area (Å²) >= 11 is 0. The standard InChI is InChI=1S/C11H13N5O2/c1-7-4-3-5-8(12-7)13-11(18)15-10-14-9(17)6-16(10)2/h3-5H,6H2,1-2H3,(H2,12,13,14,15,17,18). The fourth-order valence-corrected chi connectivity index (χ4v) is 1.51. The quantitative estimate of drug-likeness (QED) is 0.749. The first-order chi connectivity index (χ1) is 8.54. The number of aliphatic imine (C=N–C) groups is 1. The smallest absolute Gasteiger partial charge is 0.336 e. The third kappa shape index (κ3) is 2.82. The van der Waals surface area contributed by atoms with Gasteiger partial charge in [-0.05, 0) is 19.1 Å². The number of hydrogen-bond donors (Lipinski definition) is 2. The summed E-state index contributed by atoms with van der Waals surface area (Å²) in [6.07, 6.45) is 0. The predicted octanol–water partition coefficient (Wildman–Crippen LogP) is 0.340. The largest absolute Gasteiger partial charge is 0.349 e. The molecule has 2 rings (SSSR count). The minimum atomic E-state index is -0.572. The van der Waals surface area contributed by atoms with E-state index in [9.17, 15) is 9.59 Å². The van der Waals surface area contributed by atoms with Gasteiger partial charge in [-0.3, -0.25) is 15.4 Å². The van der Waals surface area contributed by atoms with E-state index in [-0.39, 0.29) is 18.4 Å². The summed E-state index contributed by atoms with van der Waals surface area (Å²) < 4.78 is 0. The molecule has 1 aromatic rings. The summed E-state index contributed by atoms with van der Waals surface area (Å²) in [5.74, 6) is 0.485. The zero-order chi connectivity index (χ0) is 13.1. The SMILES string of the molecule is Cc1cccc(NC(=O)/N=C2/NC(=O)CN2C)n1. The Bertz CT molecular complexity index is 526. The van der Waals surface area contributed by atoms with Gasteiger partial charge in [-0.15, -0.1) is 0 Å². The van der Waals surface area contributed by atoms with E-state index in [0.717, 1.165) is 5.69 Å². The van der Waals surface area contributed by atoms with Crippen LogP contribution in [0.1, 0.15) is 5.69 Å². The van der Waals surface area contributed by atoms with Gasteiger partial charge in [0.05, 0.1) is 6.54 Å². The molecule has 0 bridgehead atoms. The van der Waals surface area contributed by atoms with Gasteiger partial charge < -0.3 is 4.90 Å². The number of hydrogen-bond acceptors (Lipinski definition) is 3. The number of likely N-dealkylation sites (N-methyl/N-ethyl adjacent to an activating group) is 1. The van der Waals surface area contributed by atoms with Gasteiger partial charge in [0.25, 0.3) is 0 Å². The van der Waals surface area contributed by atoms with Crippen LogP contribution in [0.4, 0.5) is 10.6 Å². The highest BCUT2D eigenvalue weighted by Gasteiger charge is 2.22. The van der Waals surface area contributed by atoms with Crippen LogP contribution < -0.4 is 10.6 Å². The van der Waals surface area contributed by atoms with Crippen LogP contribution in [0.25, 0.3) is 0 Å². The Labute approximate surface area is 104 Å². The van der Waals surface area contributed by atoms with Crippen LogP contribution in [-0.2, 0) is 4.79 Å². The minimum Gasteiger partial charge on any atom is -0.336 e. The van der Waals surface area contributed by atoms with Gasteiger partial charge >= 0.3 is 6.03 Å². The zero-order valence-corrected chi connectivity index (χ0v) is 10.1. The molecule has 0 atom stereocenters. The van der Waals surface area contributed by atoms with Crippen LogP contribution in [0.5, 0.6) is 0 Å². The van der Waals surface area contributed by atoms with Crippen molar-refractivity contribution in [3.63, 3.8) is 0 Å². The molecule has 0 aromatic carbocycles. The number of guanidine groups is 1. The van der Waals surface area contributed by atoms with E-state index in [4.69, 9.17) is 0 Å². The Balaban J connectivity index is 2.05. The second-order valence-electron chi connectivity index (χ2n) is 3.93. The number of aromatic nitrogens is 1. The van der Waals surface area contributed by atoms with Crippen LogP contribution in [0.15, 0.2) is 23.2 Å². The molecule has 3 amide bonds.